The number of benzene rings is 1. The molecule has 0 heterocycles. The number of nitrogens with two attached hydrogens (primary N) is 1. The maximum Gasteiger partial charge on any atom is 0.416 e. The summed E-state index contributed by atoms with van der Waals surface area (Å²) < 4.78 is 37.9. The lowest BCUT2D eigenvalue weighted by Gasteiger charge is -2.18. The van der Waals surface area contributed by atoms with Gasteiger partial charge >= 0.3 is 6.18 Å². The highest BCUT2D eigenvalue weighted by Crippen LogP contribution is 2.31. The van der Waals surface area contributed by atoms with Crippen LogP contribution < -0.4 is 5.73 Å². The summed E-state index contributed by atoms with van der Waals surface area (Å²) in [6.45, 7) is 5.53. The molecule has 0 saturated carbocycles. The van der Waals surface area contributed by atoms with E-state index in [0.29, 0.717) is 12.0 Å². The van der Waals surface area contributed by atoms with Gasteiger partial charge in [0.2, 0.25) is 0 Å². The Hall–Kier alpha value is -1.03. The van der Waals surface area contributed by atoms with Gasteiger partial charge in [-0.1, -0.05) is 11.6 Å². The Balaban J connectivity index is 2.75. The quantitative estimate of drug-likeness (QED) is 0.866. The van der Waals surface area contributed by atoms with Crippen LogP contribution in [0.1, 0.15) is 43.4 Å². The van der Waals surface area contributed by atoms with Crippen LogP contribution >= 0.6 is 0 Å². The molecule has 0 amide bonds. The normalized spacial score (nSPS) is 12.8. The Morgan fingerprint density at radius 3 is 2.22 bits per heavy atom. The molecule has 1 rings (SSSR count). The summed E-state index contributed by atoms with van der Waals surface area (Å²) in [7, 11) is 0. The van der Waals surface area contributed by atoms with Gasteiger partial charge in [0.05, 0.1) is 5.56 Å². The van der Waals surface area contributed by atoms with Crippen molar-refractivity contribution in [2.75, 3.05) is 0 Å². The highest BCUT2D eigenvalue weighted by molar-refractivity contribution is 5.31. The second-order valence-corrected chi connectivity index (χ2v) is 5.55. The molecular weight excluding hydrogens is 239 g/mol. The van der Waals surface area contributed by atoms with Crippen molar-refractivity contribution in [3.63, 3.8) is 0 Å². The number of halogens is 3. The van der Waals surface area contributed by atoms with Crippen molar-refractivity contribution in [3.8, 4) is 0 Å². The van der Waals surface area contributed by atoms with Crippen molar-refractivity contribution in [1.29, 1.82) is 0 Å². The van der Waals surface area contributed by atoms with E-state index in [1.54, 1.807) is 13.0 Å². The molecular formula is C14H20F3N. The van der Waals surface area contributed by atoms with Crippen molar-refractivity contribution in [1.82, 2.24) is 0 Å². The molecule has 0 aliphatic rings. The molecule has 0 aromatic heterocycles. The van der Waals surface area contributed by atoms with E-state index in [1.165, 1.54) is 12.1 Å². The monoisotopic (exact) mass is 259 g/mol. The minimum atomic E-state index is -4.27. The molecule has 0 aliphatic carbocycles. The molecule has 0 saturated heterocycles. The van der Waals surface area contributed by atoms with Crippen LogP contribution in [-0.2, 0) is 12.6 Å². The maximum absolute atomic E-state index is 12.6. The van der Waals surface area contributed by atoms with Crippen molar-refractivity contribution < 1.29 is 13.2 Å². The Bertz CT molecular complexity index is 402. The molecule has 18 heavy (non-hydrogen) atoms. The molecule has 2 N–H and O–H groups in total. The van der Waals surface area contributed by atoms with E-state index in [0.717, 1.165) is 18.4 Å². The van der Waals surface area contributed by atoms with E-state index in [-0.39, 0.29) is 5.54 Å². The lowest BCUT2D eigenvalue weighted by atomic mass is 9.95. The smallest absolute Gasteiger partial charge is 0.326 e. The van der Waals surface area contributed by atoms with Crippen LogP contribution in [0.5, 0.6) is 0 Å². The van der Waals surface area contributed by atoms with Crippen LogP contribution in [0.15, 0.2) is 18.2 Å². The van der Waals surface area contributed by atoms with Crippen LogP contribution in [0, 0.1) is 6.92 Å². The molecule has 102 valence electrons. The van der Waals surface area contributed by atoms with Gasteiger partial charge in [-0.3, -0.25) is 0 Å². The minimum Gasteiger partial charge on any atom is -0.326 e. The zero-order valence-electron chi connectivity index (χ0n) is 11.1. The maximum atomic E-state index is 12.6. The molecule has 0 radical (unpaired) electrons. The highest BCUT2D eigenvalue weighted by atomic mass is 19.4. The molecule has 1 aromatic carbocycles. The zero-order valence-corrected chi connectivity index (χ0v) is 11.1. The fraction of sp³-hybridized carbons (Fsp3) is 0.571. The van der Waals surface area contributed by atoms with E-state index < -0.39 is 11.7 Å². The molecule has 4 heteroatoms. The van der Waals surface area contributed by atoms with Crippen molar-refractivity contribution in [2.45, 2.75) is 51.7 Å². The number of hydrogen-bond donors (Lipinski definition) is 1. The van der Waals surface area contributed by atoms with Gasteiger partial charge in [0.1, 0.15) is 0 Å². The third-order valence-electron chi connectivity index (χ3n) is 2.75. The predicted octanol–water partition coefficient (Wildman–Crippen LogP) is 4.07. The second-order valence-electron chi connectivity index (χ2n) is 5.55. The number of hydrogen-bond acceptors (Lipinski definition) is 1. The molecule has 0 bridgehead atoms. The minimum absolute atomic E-state index is 0.267. The first kappa shape index (κ1) is 15.0. The molecule has 1 aromatic rings. The van der Waals surface area contributed by atoms with Gasteiger partial charge in [0.15, 0.2) is 0 Å². The van der Waals surface area contributed by atoms with E-state index in [2.05, 4.69) is 0 Å². The van der Waals surface area contributed by atoms with Crippen LogP contribution in [0.3, 0.4) is 0 Å². The fourth-order valence-corrected chi connectivity index (χ4v) is 1.92. The summed E-state index contributed by atoms with van der Waals surface area (Å²) in [5.74, 6) is 0. The average Bonchev–Trinajstić information content (AvgIpc) is 2.13. The lowest BCUT2D eigenvalue weighted by Crippen LogP contribution is -2.31. The molecule has 0 aliphatic heterocycles. The van der Waals surface area contributed by atoms with Crippen LogP contribution in [-0.4, -0.2) is 5.54 Å². The van der Waals surface area contributed by atoms with E-state index >= 15 is 0 Å². The van der Waals surface area contributed by atoms with Crippen molar-refractivity contribution in [2.24, 2.45) is 5.73 Å². The molecule has 0 spiro atoms. The summed E-state index contributed by atoms with van der Waals surface area (Å²) in [5, 5.41) is 0. The van der Waals surface area contributed by atoms with Gasteiger partial charge < -0.3 is 5.73 Å². The van der Waals surface area contributed by atoms with Crippen LogP contribution in [0.25, 0.3) is 0 Å². The van der Waals surface area contributed by atoms with Crippen molar-refractivity contribution in [3.05, 3.63) is 34.9 Å². The van der Waals surface area contributed by atoms with Gasteiger partial charge in [-0.15, -0.1) is 0 Å². The Kier molecular flexibility index (Phi) is 4.43. The Morgan fingerprint density at radius 1 is 1.11 bits per heavy atom. The first-order valence-corrected chi connectivity index (χ1v) is 6.04. The summed E-state index contributed by atoms with van der Waals surface area (Å²) in [6.07, 6.45) is -2.05. The van der Waals surface area contributed by atoms with Gasteiger partial charge in [-0.2, -0.15) is 13.2 Å². The molecule has 0 unspecified atom stereocenters. The standard InChI is InChI=1S/C14H20F3N/c1-10-7-11(5-4-6-13(2,3)18)9-12(8-10)14(15,16)17/h7-9H,4-6,18H2,1-3H3. The van der Waals surface area contributed by atoms with Crippen LogP contribution in [0.4, 0.5) is 13.2 Å². The summed E-state index contributed by atoms with van der Waals surface area (Å²) in [6, 6.07) is 4.21. The number of alkyl halides is 3. The summed E-state index contributed by atoms with van der Waals surface area (Å²) in [4.78, 5) is 0. The highest BCUT2D eigenvalue weighted by Gasteiger charge is 2.30. The topological polar surface area (TPSA) is 26.0 Å². The van der Waals surface area contributed by atoms with E-state index in [1.807, 2.05) is 13.8 Å². The summed E-state index contributed by atoms with van der Waals surface area (Å²) in [5.41, 5.74) is 6.39. The van der Waals surface area contributed by atoms with Gasteiger partial charge in [0, 0.05) is 5.54 Å². The first-order valence-electron chi connectivity index (χ1n) is 6.04. The zero-order chi connectivity index (χ0) is 14.0. The van der Waals surface area contributed by atoms with E-state index in [9.17, 15) is 13.2 Å². The Morgan fingerprint density at radius 2 is 1.72 bits per heavy atom. The number of aryl methyl sites for hydroxylation is 2. The Labute approximate surface area is 106 Å². The molecule has 0 fully saturated rings. The van der Waals surface area contributed by atoms with Gasteiger partial charge in [-0.25, -0.2) is 0 Å². The third-order valence-corrected chi connectivity index (χ3v) is 2.75. The first-order chi connectivity index (χ1) is 8.08. The largest absolute Gasteiger partial charge is 0.416 e. The van der Waals surface area contributed by atoms with Crippen molar-refractivity contribution >= 4 is 0 Å². The fourth-order valence-electron chi connectivity index (χ4n) is 1.92. The lowest BCUT2D eigenvalue weighted by molar-refractivity contribution is -0.137. The number of rotatable bonds is 4. The second kappa shape index (κ2) is 5.31. The molecule has 1 nitrogen and oxygen atoms in total. The SMILES string of the molecule is Cc1cc(CCCC(C)(C)N)cc(C(F)(F)F)c1. The predicted molar refractivity (Wildman–Crippen MR) is 67.4 cm³/mol. The van der Waals surface area contributed by atoms with E-state index in [4.69, 9.17) is 5.73 Å². The summed E-state index contributed by atoms with van der Waals surface area (Å²) >= 11 is 0. The third kappa shape index (κ3) is 5.08. The van der Waals surface area contributed by atoms with Gasteiger partial charge in [0.25, 0.3) is 0 Å². The molecule has 0 atom stereocenters. The van der Waals surface area contributed by atoms with Crippen LogP contribution in [0.2, 0.25) is 0 Å². The van der Waals surface area contributed by atoms with Gasteiger partial charge in [-0.05, 0) is 57.7 Å². The average molecular weight is 259 g/mol.